The van der Waals surface area contributed by atoms with E-state index in [2.05, 4.69) is 5.32 Å². The highest BCUT2D eigenvalue weighted by Gasteiger charge is 2.36. The minimum atomic E-state index is -4.19. The Bertz CT molecular complexity index is 1720. The number of aryl methyl sites for hydroxylation is 2. The van der Waals surface area contributed by atoms with Gasteiger partial charge in [-0.25, -0.2) is 8.42 Å². The van der Waals surface area contributed by atoms with Gasteiger partial charge < -0.3 is 10.2 Å². The van der Waals surface area contributed by atoms with Gasteiger partial charge in [0.1, 0.15) is 12.6 Å². The third-order valence-corrected chi connectivity index (χ3v) is 9.29. The van der Waals surface area contributed by atoms with Crippen molar-refractivity contribution >= 4 is 39.1 Å². The van der Waals surface area contributed by atoms with Gasteiger partial charge in [0.05, 0.1) is 10.6 Å². The number of carbonyl (C=O) groups is 2. The maximum Gasteiger partial charge on any atom is 0.264 e. The third-order valence-electron chi connectivity index (χ3n) is 7.28. The van der Waals surface area contributed by atoms with Crippen LogP contribution < -0.4 is 9.62 Å². The van der Waals surface area contributed by atoms with Gasteiger partial charge in [-0.05, 0) is 81.6 Å². The highest BCUT2D eigenvalue weighted by atomic mass is 35.5. The van der Waals surface area contributed by atoms with E-state index in [0.29, 0.717) is 16.3 Å². The molecule has 0 aliphatic rings. The van der Waals surface area contributed by atoms with E-state index in [-0.39, 0.29) is 23.8 Å². The van der Waals surface area contributed by atoms with Crippen molar-refractivity contribution in [3.8, 4) is 0 Å². The van der Waals surface area contributed by atoms with Crippen molar-refractivity contribution in [1.82, 2.24) is 10.2 Å². The Morgan fingerprint density at radius 2 is 1.42 bits per heavy atom. The fourth-order valence-electron chi connectivity index (χ4n) is 5.03. The monoisotopic (exact) mass is 645 g/mol. The topological polar surface area (TPSA) is 86.8 Å². The summed E-state index contributed by atoms with van der Waals surface area (Å²) in [5.74, 6) is -0.846. The van der Waals surface area contributed by atoms with E-state index in [4.69, 9.17) is 11.6 Å². The Morgan fingerprint density at radius 1 is 0.822 bits per heavy atom. The van der Waals surface area contributed by atoms with Crippen molar-refractivity contribution in [2.45, 2.75) is 64.1 Å². The Morgan fingerprint density at radius 3 is 2.00 bits per heavy atom. The van der Waals surface area contributed by atoms with Crippen molar-refractivity contribution in [2.24, 2.45) is 0 Å². The van der Waals surface area contributed by atoms with E-state index in [1.165, 1.54) is 17.0 Å². The van der Waals surface area contributed by atoms with E-state index in [1.54, 1.807) is 43.3 Å². The molecule has 0 aromatic heterocycles. The fourth-order valence-corrected chi connectivity index (χ4v) is 6.76. The van der Waals surface area contributed by atoms with Crippen LogP contribution >= 0.6 is 11.6 Å². The maximum atomic E-state index is 14.6. The molecule has 9 heteroatoms. The summed E-state index contributed by atoms with van der Waals surface area (Å²) in [6.07, 6.45) is 0.242. The highest BCUT2D eigenvalue weighted by Crippen LogP contribution is 2.29. The molecule has 0 bridgehead atoms. The van der Waals surface area contributed by atoms with Gasteiger partial charge in [0.25, 0.3) is 10.0 Å². The first kappa shape index (κ1) is 33.7. The van der Waals surface area contributed by atoms with Crippen LogP contribution in [-0.4, -0.2) is 43.3 Å². The number of halogens is 1. The molecule has 4 aromatic carbocycles. The first-order valence-electron chi connectivity index (χ1n) is 14.8. The van der Waals surface area contributed by atoms with Crippen LogP contribution in [0.15, 0.2) is 108 Å². The van der Waals surface area contributed by atoms with Gasteiger partial charge in [0.2, 0.25) is 11.8 Å². The molecule has 1 atom stereocenters. The van der Waals surface area contributed by atoms with Crippen LogP contribution in [0.1, 0.15) is 43.0 Å². The number of nitrogens with zero attached hydrogens (tertiary/aromatic N) is 2. The Kier molecular flexibility index (Phi) is 10.7. The molecule has 4 rings (SSSR count). The zero-order valence-corrected chi connectivity index (χ0v) is 27.9. The fraction of sp³-hybridized carbons (Fsp3) is 0.278. The number of rotatable bonds is 11. The van der Waals surface area contributed by atoms with Gasteiger partial charge in [0.15, 0.2) is 0 Å². The molecule has 2 amide bonds. The number of nitrogens with one attached hydrogen (secondary N) is 1. The largest absolute Gasteiger partial charge is 0.350 e. The van der Waals surface area contributed by atoms with Crippen LogP contribution in [-0.2, 0) is 32.6 Å². The molecule has 0 unspecified atom stereocenters. The molecule has 0 heterocycles. The lowest BCUT2D eigenvalue weighted by molar-refractivity contribution is -0.140. The molecule has 4 aromatic rings. The number of carbonyl (C=O) groups excluding carboxylic acids is 2. The quantitative estimate of drug-likeness (QED) is 0.197. The standard InChI is InChI=1S/C36H40ClN3O4S/c1-26-16-18-29(19-17-26)24-39(33(35(42)38-36(3,4)5)23-28-12-8-6-9-13-28)34(41)25-40(32-21-20-30(37)22-27(32)2)45(43,44)31-14-10-7-11-15-31/h6-22,33H,23-25H2,1-5H3,(H,38,42)/t33-/m0/s1. The van der Waals surface area contributed by atoms with Crippen molar-refractivity contribution in [1.29, 1.82) is 0 Å². The van der Waals surface area contributed by atoms with E-state index >= 15 is 0 Å². The molecule has 0 radical (unpaired) electrons. The summed E-state index contributed by atoms with van der Waals surface area (Å²) in [4.78, 5) is 30.1. The van der Waals surface area contributed by atoms with Crippen LogP contribution in [0.3, 0.4) is 0 Å². The first-order chi connectivity index (χ1) is 21.2. The molecule has 236 valence electrons. The number of amides is 2. The molecule has 1 N–H and O–H groups in total. The second-order valence-corrected chi connectivity index (χ2v) is 14.5. The lowest BCUT2D eigenvalue weighted by atomic mass is 10.0. The minimum Gasteiger partial charge on any atom is -0.350 e. The van der Waals surface area contributed by atoms with E-state index in [1.807, 2.05) is 82.3 Å². The number of hydrogen-bond acceptors (Lipinski definition) is 4. The summed E-state index contributed by atoms with van der Waals surface area (Å²) >= 11 is 6.23. The second kappa shape index (κ2) is 14.3. The molecule has 0 aliphatic heterocycles. The summed E-state index contributed by atoms with van der Waals surface area (Å²) in [5, 5.41) is 3.49. The molecule has 7 nitrogen and oxygen atoms in total. The van der Waals surface area contributed by atoms with Gasteiger partial charge in [-0.3, -0.25) is 13.9 Å². The average Bonchev–Trinajstić information content (AvgIpc) is 2.99. The molecule has 0 fully saturated rings. The Balaban J connectivity index is 1.83. The van der Waals surface area contributed by atoms with E-state index < -0.39 is 34.1 Å². The number of anilines is 1. The van der Waals surface area contributed by atoms with Crippen molar-refractivity contribution in [3.63, 3.8) is 0 Å². The van der Waals surface area contributed by atoms with E-state index in [9.17, 15) is 18.0 Å². The normalized spacial score (nSPS) is 12.3. The predicted molar refractivity (Wildman–Crippen MR) is 181 cm³/mol. The van der Waals surface area contributed by atoms with Crippen molar-refractivity contribution in [2.75, 3.05) is 10.8 Å². The van der Waals surface area contributed by atoms with Crippen LogP contribution in [0.5, 0.6) is 0 Å². The number of benzene rings is 4. The number of hydrogen-bond donors (Lipinski definition) is 1. The van der Waals surface area contributed by atoms with Crippen molar-refractivity contribution in [3.05, 3.63) is 130 Å². The maximum absolute atomic E-state index is 14.6. The van der Waals surface area contributed by atoms with Gasteiger partial charge in [0, 0.05) is 23.5 Å². The summed E-state index contributed by atoms with van der Waals surface area (Å²) in [6.45, 7) is 8.95. The van der Waals surface area contributed by atoms with Crippen LogP contribution in [0.25, 0.3) is 0 Å². The van der Waals surface area contributed by atoms with E-state index in [0.717, 1.165) is 21.0 Å². The molecular formula is C36H40ClN3O4S. The van der Waals surface area contributed by atoms with Gasteiger partial charge in [-0.2, -0.15) is 0 Å². The zero-order valence-electron chi connectivity index (χ0n) is 26.3. The molecule has 0 aliphatic carbocycles. The summed E-state index contributed by atoms with van der Waals surface area (Å²) < 4.78 is 29.4. The van der Waals surface area contributed by atoms with Gasteiger partial charge >= 0.3 is 0 Å². The molecule has 0 saturated carbocycles. The smallest absolute Gasteiger partial charge is 0.264 e. The molecule has 45 heavy (non-hydrogen) atoms. The first-order valence-corrected chi connectivity index (χ1v) is 16.6. The summed E-state index contributed by atoms with van der Waals surface area (Å²) in [6, 6.07) is 29.1. The second-order valence-electron chi connectivity index (χ2n) is 12.2. The lowest BCUT2D eigenvalue weighted by Gasteiger charge is -2.35. The Hall–Kier alpha value is -4.14. The SMILES string of the molecule is Cc1ccc(CN(C(=O)CN(c2ccc(Cl)cc2C)S(=O)(=O)c2ccccc2)[C@@H](Cc2ccccc2)C(=O)NC(C)(C)C)cc1. The van der Waals surface area contributed by atoms with Crippen molar-refractivity contribution < 1.29 is 18.0 Å². The highest BCUT2D eigenvalue weighted by molar-refractivity contribution is 7.92. The van der Waals surface area contributed by atoms with Crippen LogP contribution in [0, 0.1) is 13.8 Å². The lowest BCUT2D eigenvalue weighted by Crippen LogP contribution is -2.56. The van der Waals surface area contributed by atoms with Crippen LogP contribution in [0.2, 0.25) is 5.02 Å². The minimum absolute atomic E-state index is 0.0449. The Labute approximate surface area is 271 Å². The summed E-state index contributed by atoms with van der Waals surface area (Å²) in [7, 11) is -4.19. The predicted octanol–water partition coefficient (Wildman–Crippen LogP) is 6.71. The molecule has 0 spiro atoms. The van der Waals surface area contributed by atoms with Gasteiger partial charge in [-0.15, -0.1) is 0 Å². The number of sulfonamides is 1. The molecule has 0 saturated heterocycles. The van der Waals surface area contributed by atoms with Gasteiger partial charge in [-0.1, -0.05) is 90.0 Å². The van der Waals surface area contributed by atoms with Crippen LogP contribution in [0.4, 0.5) is 5.69 Å². The average molecular weight is 646 g/mol. The zero-order chi connectivity index (χ0) is 32.8. The third kappa shape index (κ3) is 8.96. The molecular weight excluding hydrogens is 606 g/mol. The summed E-state index contributed by atoms with van der Waals surface area (Å²) in [5.41, 5.74) is 3.10.